The second-order valence-electron chi connectivity index (χ2n) is 11.0. The van der Waals surface area contributed by atoms with E-state index in [1.807, 2.05) is 24.2 Å². The summed E-state index contributed by atoms with van der Waals surface area (Å²) in [5.41, 5.74) is 2.39. The quantitative estimate of drug-likeness (QED) is 0.0839. The number of aromatic nitrogens is 2. The van der Waals surface area contributed by atoms with Crippen LogP contribution in [0.1, 0.15) is 117 Å². The van der Waals surface area contributed by atoms with Gasteiger partial charge in [0.25, 0.3) is 0 Å². The van der Waals surface area contributed by atoms with Crippen LogP contribution in [0, 0.1) is 0 Å². The standard InChI is InChI=1S/C33H56N2PS/c1-5-9-13-14-15-16-18-30-28-34-33(35-29-30)31-19-21-32(22-20-31)37-27-17-26-36(23-10-6-2,24-11-7-3)25-12-8-4/h19-22,28-29H,5-18,23-27H2,1-4H3/q+1. The number of hydrogen-bond donors (Lipinski definition) is 0. The third-order valence-corrected chi connectivity index (χ3v) is 13.8. The molecule has 0 radical (unpaired) electrons. The lowest BCUT2D eigenvalue weighted by atomic mass is 10.1. The lowest BCUT2D eigenvalue weighted by Crippen LogP contribution is -2.13. The number of thioether (sulfide) groups is 1. The van der Waals surface area contributed by atoms with Gasteiger partial charge in [-0.1, -0.05) is 91.2 Å². The molecule has 0 aliphatic heterocycles. The highest BCUT2D eigenvalue weighted by Crippen LogP contribution is 2.61. The average Bonchev–Trinajstić information content (AvgIpc) is 2.94. The molecule has 2 aromatic rings. The van der Waals surface area contributed by atoms with Gasteiger partial charge in [-0.15, -0.1) is 11.8 Å². The summed E-state index contributed by atoms with van der Waals surface area (Å²) < 4.78 is 0. The summed E-state index contributed by atoms with van der Waals surface area (Å²) in [5, 5.41) is 0. The lowest BCUT2D eigenvalue weighted by Gasteiger charge is -2.28. The van der Waals surface area contributed by atoms with E-state index in [4.69, 9.17) is 0 Å². The molecular weight excluding hydrogens is 487 g/mol. The van der Waals surface area contributed by atoms with Gasteiger partial charge in [-0.3, -0.25) is 0 Å². The van der Waals surface area contributed by atoms with Crippen LogP contribution < -0.4 is 0 Å². The van der Waals surface area contributed by atoms with Crippen molar-refractivity contribution in [3.8, 4) is 11.4 Å². The first-order valence-electron chi connectivity index (χ1n) is 15.6. The van der Waals surface area contributed by atoms with Crippen LogP contribution >= 0.6 is 19.0 Å². The Kier molecular flexibility index (Phi) is 17.5. The van der Waals surface area contributed by atoms with Crippen molar-refractivity contribution in [2.45, 2.75) is 122 Å². The monoisotopic (exact) mass is 543 g/mol. The minimum atomic E-state index is -0.763. The van der Waals surface area contributed by atoms with Crippen molar-refractivity contribution in [1.29, 1.82) is 0 Å². The smallest absolute Gasteiger partial charge is 0.159 e. The molecule has 37 heavy (non-hydrogen) atoms. The zero-order valence-electron chi connectivity index (χ0n) is 24.6. The molecule has 0 amide bonds. The molecular formula is C33H56N2PS+. The summed E-state index contributed by atoms with van der Waals surface area (Å²) in [6.07, 6.45) is 29.0. The number of unbranched alkanes of at least 4 members (excludes halogenated alkanes) is 8. The van der Waals surface area contributed by atoms with Crippen molar-refractivity contribution in [2.75, 3.05) is 30.4 Å². The maximum absolute atomic E-state index is 4.67. The van der Waals surface area contributed by atoms with Gasteiger partial charge in [0, 0.05) is 35.9 Å². The molecule has 1 heterocycles. The SMILES string of the molecule is CCCCCCCCc1cnc(-c2ccc(SCCC[P+](CCCC)(CCCC)CCCC)cc2)nc1. The van der Waals surface area contributed by atoms with Gasteiger partial charge in [-0.25, -0.2) is 9.97 Å². The van der Waals surface area contributed by atoms with Crippen LogP contribution in [0.2, 0.25) is 0 Å². The molecule has 0 atom stereocenters. The molecule has 2 rings (SSSR count). The van der Waals surface area contributed by atoms with Crippen LogP contribution in [-0.4, -0.2) is 40.4 Å². The lowest BCUT2D eigenvalue weighted by molar-refractivity contribution is 0.607. The fourth-order valence-electron chi connectivity index (χ4n) is 5.18. The predicted octanol–water partition coefficient (Wildman–Crippen LogP) is 10.9. The average molecular weight is 544 g/mol. The topological polar surface area (TPSA) is 25.8 Å². The van der Waals surface area contributed by atoms with E-state index in [1.165, 1.54) is 106 Å². The zero-order valence-corrected chi connectivity index (χ0v) is 26.4. The molecule has 0 bridgehead atoms. The van der Waals surface area contributed by atoms with Crippen molar-refractivity contribution in [3.05, 3.63) is 42.2 Å². The van der Waals surface area contributed by atoms with E-state index in [-0.39, 0.29) is 0 Å². The van der Waals surface area contributed by atoms with E-state index in [9.17, 15) is 0 Å². The Balaban J connectivity index is 1.81. The third-order valence-electron chi connectivity index (χ3n) is 7.64. The fourth-order valence-corrected chi connectivity index (χ4v) is 11.4. The van der Waals surface area contributed by atoms with Crippen molar-refractivity contribution in [2.24, 2.45) is 0 Å². The minimum Gasteiger partial charge on any atom is -0.236 e. The first-order valence-corrected chi connectivity index (χ1v) is 19.1. The number of nitrogens with zero attached hydrogens (tertiary/aromatic N) is 2. The maximum Gasteiger partial charge on any atom is 0.159 e. The molecule has 0 fully saturated rings. The molecule has 0 saturated carbocycles. The van der Waals surface area contributed by atoms with E-state index in [0.717, 1.165) is 17.8 Å². The third kappa shape index (κ3) is 13.1. The second kappa shape index (κ2) is 20.0. The van der Waals surface area contributed by atoms with Crippen LogP contribution in [0.5, 0.6) is 0 Å². The van der Waals surface area contributed by atoms with Gasteiger partial charge in [-0.05, 0) is 56.2 Å². The molecule has 0 aliphatic carbocycles. The van der Waals surface area contributed by atoms with E-state index in [0.29, 0.717) is 0 Å². The Bertz CT molecular complexity index is 784. The molecule has 0 saturated heterocycles. The largest absolute Gasteiger partial charge is 0.236 e. The van der Waals surface area contributed by atoms with Gasteiger partial charge in [0.15, 0.2) is 5.82 Å². The van der Waals surface area contributed by atoms with Gasteiger partial charge >= 0.3 is 0 Å². The summed E-state index contributed by atoms with van der Waals surface area (Å²) in [6, 6.07) is 8.93. The van der Waals surface area contributed by atoms with E-state index in [1.54, 1.807) is 18.5 Å². The Labute approximate surface area is 235 Å². The summed E-state index contributed by atoms with van der Waals surface area (Å²) in [5.74, 6) is 2.09. The van der Waals surface area contributed by atoms with Crippen molar-refractivity contribution < 1.29 is 0 Å². The highest BCUT2D eigenvalue weighted by Gasteiger charge is 2.34. The highest BCUT2D eigenvalue weighted by atomic mass is 32.2. The molecule has 1 aromatic carbocycles. The van der Waals surface area contributed by atoms with E-state index >= 15 is 0 Å². The van der Waals surface area contributed by atoms with Gasteiger partial charge in [-0.2, -0.15) is 0 Å². The van der Waals surface area contributed by atoms with Crippen LogP contribution in [0.25, 0.3) is 11.4 Å². The minimum absolute atomic E-state index is 0.763. The fraction of sp³-hybridized carbons (Fsp3) is 0.697. The number of hydrogen-bond acceptors (Lipinski definition) is 3. The van der Waals surface area contributed by atoms with Crippen LogP contribution in [0.3, 0.4) is 0 Å². The Morgan fingerprint density at radius 3 is 1.68 bits per heavy atom. The van der Waals surface area contributed by atoms with Crippen LogP contribution in [0.15, 0.2) is 41.6 Å². The van der Waals surface area contributed by atoms with E-state index in [2.05, 4.69) is 61.9 Å². The number of aryl methyl sites for hydroxylation is 1. The molecule has 0 unspecified atom stereocenters. The Morgan fingerprint density at radius 1 is 0.595 bits per heavy atom. The first-order chi connectivity index (χ1) is 18.2. The van der Waals surface area contributed by atoms with Crippen LogP contribution in [0.4, 0.5) is 0 Å². The summed E-state index contributed by atoms with van der Waals surface area (Å²) >= 11 is 2.03. The first kappa shape index (κ1) is 32.3. The second-order valence-corrected chi connectivity index (χ2v) is 16.6. The van der Waals surface area contributed by atoms with Crippen LogP contribution in [-0.2, 0) is 6.42 Å². The van der Waals surface area contributed by atoms with Gasteiger partial charge in [0.1, 0.15) is 0 Å². The number of rotatable bonds is 22. The molecule has 208 valence electrons. The molecule has 0 N–H and O–H groups in total. The Hall–Kier alpha value is -0.920. The highest BCUT2D eigenvalue weighted by molar-refractivity contribution is 7.99. The summed E-state index contributed by atoms with van der Waals surface area (Å²) in [7, 11) is -0.763. The Morgan fingerprint density at radius 2 is 1.11 bits per heavy atom. The summed E-state index contributed by atoms with van der Waals surface area (Å²) in [4.78, 5) is 10.7. The van der Waals surface area contributed by atoms with Crippen molar-refractivity contribution in [3.63, 3.8) is 0 Å². The maximum atomic E-state index is 4.67. The zero-order chi connectivity index (χ0) is 26.6. The molecule has 1 aromatic heterocycles. The summed E-state index contributed by atoms with van der Waals surface area (Å²) in [6.45, 7) is 9.37. The van der Waals surface area contributed by atoms with Gasteiger partial charge < -0.3 is 0 Å². The van der Waals surface area contributed by atoms with Gasteiger partial charge in [0.2, 0.25) is 0 Å². The molecule has 0 aliphatic rings. The number of benzene rings is 1. The van der Waals surface area contributed by atoms with Crippen molar-refractivity contribution in [1.82, 2.24) is 9.97 Å². The molecule has 4 heteroatoms. The normalized spacial score (nSPS) is 11.8. The predicted molar refractivity (Wildman–Crippen MR) is 171 cm³/mol. The van der Waals surface area contributed by atoms with E-state index < -0.39 is 7.26 Å². The molecule has 2 nitrogen and oxygen atoms in total. The van der Waals surface area contributed by atoms with Crippen molar-refractivity contribution >= 4 is 19.0 Å². The molecule has 0 spiro atoms. The van der Waals surface area contributed by atoms with Gasteiger partial charge in [0.05, 0.1) is 24.6 Å².